The Morgan fingerprint density at radius 2 is 1.87 bits per heavy atom. The SMILES string of the molecule is CNC(=O)CCNc1nnc(-c2c(-c3ccc(F)cc3)[nH]c3c(F)cc(F)cc23)o1. The van der Waals surface area contributed by atoms with Crippen LogP contribution in [0.25, 0.3) is 33.6 Å². The van der Waals surface area contributed by atoms with Crippen molar-refractivity contribution in [2.24, 2.45) is 0 Å². The van der Waals surface area contributed by atoms with Crippen LogP contribution in [0.3, 0.4) is 0 Å². The first-order chi connectivity index (χ1) is 14.5. The average molecular weight is 415 g/mol. The lowest BCUT2D eigenvalue weighted by molar-refractivity contribution is -0.120. The molecule has 0 aliphatic rings. The summed E-state index contributed by atoms with van der Waals surface area (Å²) in [5.41, 5.74) is 1.23. The zero-order chi connectivity index (χ0) is 21.3. The maximum atomic E-state index is 14.4. The fraction of sp³-hybridized carbons (Fsp3) is 0.150. The highest BCUT2D eigenvalue weighted by molar-refractivity contribution is 6.02. The summed E-state index contributed by atoms with van der Waals surface area (Å²) in [5, 5.41) is 13.4. The van der Waals surface area contributed by atoms with Crippen molar-refractivity contribution in [1.29, 1.82) is 0 Å². The highest BCUT2D eigenvalue weighted by Gasteiger charge is 2.23. The lowest BCUT2D eigenvalue weighted by Crippen LogP contribution is -2.20. The van der Waals surface area contributed by atoms with Crippen molar-refractivity contribution in [2.45, 2.75) is 6.42 Å². The van der Waals surface area contributed by atoms with Crippen molar-refractivity contribution < 1.29 is 22.4 Å². The number of carbonyl (C=O) groups is 1. The van der Waals surface area contributed by atoms with E-state index >= 15 is 0 Å². The van der Waals surface area contributed by atoms with Gasteiger partial charge in [-0.1, -0.05) is 5.10 Å². The first kappa shape index (κ1) is 19.5. The van der Waals surface area contributed by atoms with Crippen LogP contribution in [0.4, 0.5) is 19.2 Å². The maximum Gasteiger partial charge on any atom is 0.315 e. The second-order valence-electron chi connectivity index (χ2n) is 6.45. The second kappa shape index (κ2) is 7.90. The molecule has 2 aromatic carbocycles. The largest absolute Gasteiger partial charge is 0.403 e. The zero-order valence-corrected chi connectivity index (χ0v) is 15.7. The van der Waals surface area contributed by atoms with Gasteiger partial charge in [0, 0.05) is 31.5 Å². The van der Waals surface area contributed by atoms with E-state index in [9.17, 15) is 18.0 Å². The number of fused-ring (bicyclic) bond motifs is 1. The quantitative estimate of drug-likeness (QED) is 0.445. The van der Waals surface area contributed by atoms with Crippen LogP contribution in [-0.4, -0.2) is 34.7 Å². The van der Waals surface area contributed by atoms with Crippen LogP contribution in [-0.2, 0) is 4.79 Å². The van der Waals surface area contributed by atoms with Crippen LogP contribution in [0, 0.1) is 17.5 Å². The number of carbonyl (C=O) groups excluding carboxylic acids is 1. The fourth-order valence-electron chi connectivity index (χ4n) is 3.08. The van der Waals surface area contributed by atoms with Gasteiger partial charge in [0.2, 0.25) is 5.91 Å². The summed E-state index contributed by atoms with van der Waals surface area (Å²) in [5.74, 6) is -2.15. The van der Waals surface area contributed by atoms with Crippen molar-refractivity contribution in [2.75, 3.05) is 18.9 Å². The predicted octanol–water partition coefficient (Wildman–Crippen LogP) is 3.85. The Balaban J connectivity index is 1.78. The van der Waals surface area contributed by atoms with Crippen LogP contribution < -0.4 is 10.6 Å². The van der Waals surface area contributed by atoms with Gasteiger partial charge in [-0.2, -0.15) is 0 Å². The Kier molecular flexibility index (Phi) is 5.13. The van der Waals surface area contributed by atoms with E-state index in [0.29, 0.717) is 11.3 Å². The molecule has 30 heavy (non-hydrogen) atoms. The molecule has 0 fully saturated rings. The third-order valence-electron chi connectivity index (χ3n) is 4.50. The molecule has 0 spiro atoms. The van der Waals surface area contributed by atoms with Gasteiger partial charge in [0.1, 0.15) is 17.5 Å². The molecule has 0 aliphatic heterocycles. The minimum Gasteiger partial charge on any atom is -0.403 e. The molecule has 1 amide bonds. The molecular weight excluding hydrogens is 399 g/mol. The third kappa shape index (κ3) is 3.71. The number of hydrogen-bond acceptors (Lipinski definition) is 5. The van der Waals surface area contributed by atoms with Gasteiger partial charge in [-0.15, -0.1) is 5.10 Å². The summed E-state index contributed by atoms with van der Waals surface area (Å²) in [4.78, 5) is 14.2. The van der Waals surface area contributed by atoms with Gasteiger partial charge >= 0.3 is 6.01 Å². The summed E-state index contributed by atoms with van der Waals surface area (Å²) >= 11 is 0. The molecule has 0 unspecified atom stereocenters. The lowest BCUT2D eigenvalue weighted by Gasteiger charge is -2.02. The molecule has 0 aliphatic carbocycles. The monoisotopic (exact) mass is 415 g/mol. The van der Waals surface area contributed by atoms with Crippen LogP contribution >= 0.6 is 0 Å². The first-order valence-electron chi connectivity index (χ1n) is 9.01. The minimum atomic E-state index is -0.789. The van der Waals surface area contributed by atoms with Gasteiger partial charge in [-0.05, 0) is 35.9 Å². The summed E-state index contributed by atoms with van der Waals surface area (Å²) in [7, 11) is 1.53. The van der Waals surface area contributed by atoms with E-state index in [-0.39, 0.29) is 47.2 Å². The Labute approximate surface area is 168 Å². The molecule has 0 bridgehead atoms. The Morgan fingerprint density at radius 3 is 2.60 bits per heavy atom. The van der Waals surface area contributed by atoms with Crippen molar-refractivity contribution in [1.82, 2.24) is 20.5 Å². The Hall–Kier alpha value is -3.82. The number of rotatable bonds is 6. The molecular formula is C20H16F3N5O2. The average Bonchev–Trinajstić information content (AvgIpc) is 3.33. The number of aromatic amines is 1. The van der Waals surface area contributed by atoms with E-state index in [0.717, 1.165) is 12.1 Å². The normalized spacial score (nSPS) is 11.1. The van der Waals surface area contributed by atoms with Gasteiger partial charge < -0.3 is 20.0 Å². The molecule has 0 saturated carbocycles. The van der Waals surface area contributed by atoms with Crippen molar-refractivity contribution >= 4 is 22.8 Å². The van der Waals surface area contributed by atoms with Crippen LogP contribution in [0.15, 0.2) is 40.8 Å². The number of anilines is 1. The lowest BCUT2D eigenvalue weighted by atomic mass is 10.0. The Morgan fingerprint density at radius 1 is 1.10 bits per heavy atom. The number of aromatic nitrogens is 3. The molecule has 4 aromatic rings. The molecule has 0 saturated heterocycles. The molecule has 4 rings (SSSR count). The molecule has 0 radical (unpaired) electrons. The summed E-state index contributed by atoms with van der Waals surface area (Å²) in [6.45, 7) is 0.253. The maximum absolute atomic E-state index is 14.4. The van der Waals surface area contributed by atoms with Crippen LogP contribution in [0.1, 0.15) is 6.42 Å². The minimum absolute atomic E-state index is 0.00742. The van der Waals surface area contributed by atoms with Crippen LogP contribution in [0.5, 0.6) is 0 Å². The van der Waals surface area contributed by atoms with Gasteiger partial charge in [0.15, 0.2) is 0 Å². The number of halogens is 3. The number of nitrogens with one attached hydrogen (secondary N) is 3. The summed E-state index contributed by atoms with van der Waals surface area (Å²) in [6.07, 6.45) is 0.193. The highest BCUT2D eigenvalue weighted by atomic mass is 19.1. The van der Waals surface area contributed by atoms with Gasteiger partial charge in [0.05, 0.1) is 16.8 Å². The van der Waals surface area contributed by atoms with E-state index < -0.39 is 17.5 Å². The van der Waals surface area contributed by atoms with Gasteiger partial charge in [-0.3, -0.25) is 4.79 Å². The van der Waals surface area contributed by atoms with E-state index in [1.165, 1.54) is 31.3 Å². The molecule has 3 N–H and O–H groups in total. The Bertz CT molecular complexity index is 1220. The van der Waals surface area contributed by atoms with E-state index in [1.807, 2.05) is 0 Å². The van der Waals surface area contributed by atoms with E-state index in [4.69, 9.17) is 4.42 Å². The van der Waals surface area contributed by atoms with Gasteiger partial charge in [0.25, 0.3) is 5.89 Å². The fourth-order valence-corrected chi connectivity index (χ4v) is 3.08. The first-order valence-corrected chi connectivity index (χ1v) is 9.01. The summed E-state index contributed by atoms with van der Waals surface area (Å²) in [6, 6.07) is 7.46. The van der Waals surface area contributed by atoms with E-state index in [1.54, 1.807) is 0 Å². The molecule has 10 heteroatoms. The molecule has 7 nitrogen and oxygen atoms in total. The van der Waals surface area contributed by atoms with Crippen LogP contribution in [0.2, 0.25) is 0 Å². The third-order valence-corrected chi connectivity index (χ3v) is 4.50. The van der Waals surface area contributed by atoms with Crippen molar-refractivity contribution in [3.8, 4) is 22.7 Å². The number of H-pyrrole nitrogens is 1. The van der Waals surface area contributed by atoms with Crippen molar-refractivity contribution in [3.63, 3.8) is 0 Å². The van der Waals surface area contributed by atoms with E-state index in [2.05, 4.69) is 25.8 Å². The molecule has 154 valence electrons. The summed E-state index contributed by atoms with van der Waals surface area (Å²) < 4.78 is 47.3. The number of nitrogens with zero attached hydrogens (tertiary/aromatic N) is 2. The zero-order valence-electron chi connectivity index (χ0n) is 15.7. The topological polar surface area (TPSA) is 95.8 Å². The number of hydrogen-bond donors (Lipinski definition) is 3. The highest BCUT2D eigenvalue weighted by Crippen LogP contribution is 2.39. The predicted molar refractivity (Wildman–Crippen MR) is 104 cm³/mol. The number of amides is 1. The second-order valence-corrected chi connectivity index (χ2v) is 6.45. The standard InChI is InChI=1S/C20H16F3N5O2/c1-24-15(29)6-7-25-20-28-27-19(30-20)16-13-8-12(22)9-14(23)18(13)26-17(16)10-2-4-11(21)5-3-10/h2-5,8-9,26H,6-7H2,1H3,(H,24,29)(H,25,28). The molecule has 2 aromatic heterocycles. The van der Waals surface area contributed by atoms with Gasteiger partial charge in [-0.25, -0.2) is 13.2 Å². The smallest absolute Gasteiger partial charge is 0.315 e. The van der Waals surface area contributed by atoms with Crippen molar-refractivity contribution in [3.05, 3.63) is 53.8 Å². The number of benzene rings is 2. The molecule has 0 atom stereocenters. The molecule has 2 heterocycles.